The SMILES string of the molecule is Cc1ccc(CNc2cncc(C(=O)NCCCc3ccccc3)c2)cc1. The molecule has 0 aliphatic heterocycles. The van der Waals surface area contributed by atoms with Crippen molar-refractivity contribution in [3.8, 4) is 0 Å². The summed E-state index contributed by atoms with van der Waals surface area (Å²) in [5, 5.41) is 6.29. The monoisotopic (exact) mass is 359 g/mol. The van der Waals surface area contributed by atoms with E-state index in [1.807, 2.05) is 24.3 Å². The molecule has 4 heteroatoms. The smallest absolute Gasteiger partial charge is 0.252 e. The molecule has 0 saturated carbocycles. The molecule has 0 aliphatic carbocycles. The van der Waals surface area contributed by atoms with Crippen LogP contribution in [-0.4, -0.2) is 17.4 Å². The number of hydrogen-bond acceptors (Lipinski definition) is 3. The van der Waals surface area contributed by atoms with Crippen LogP contribution in [0.4, 0.5) is 5.69 Å². The molecule has 2 aromatic carbocycles. The summed E-state index contributed by atoms with van der Waals surface area (Å²) in [4.78, 5) is 16.5. The van der Waals surface area contributed by atoms with Crippen LogP contribution in [0.25, 0.3) is 0 Å². The Hall–Kier alpha value is -3.14. The molecule has 0 radical (unpaired) electrons. The Balaban J connectivity index is 1.47. The van der Waals surface area contributed by atoms with Crippen molar-refractivity contribution < 1.29 is 4.79 Å². The number of nitrogens with zero attached hydrogens (tertiary/aromatic N) is 1. The second-order valence-corrected chi connectivity index (χ2v) is 6.65. The Bertz CT molecular complexity index is 860. The minimum atomic E-state index is -0.0884. The second-order valence-electron chi connectivity index (χ2n) is 6.65. The first kappa shape index (κ1) is 18.6. The highest BCUT2D eigenvalue weighted by Gasteiger charge is 2.06. The fraction of sp³-hybridized carbons (Fsp3) is 0.217. The van der Waals surface area contributed by atoms with Crippen LogP contribution in [0.2, 0.25) is 0 Å². The molecule has 0 saturated heterocycles. The number of rotatable bonds is 8. The van der Waals surface area contributed by atoms with Gasteiger partial charge < -0.3 is 10.6 Å². The van der Waals surface area contributed by atoms with Gasteiger partial charge in [-0.15, -0.1) is 0 Å². The molecule has 4 nitrogen and oxygen atoms in total. The zero-order valence-corrected chi connectivity index (χ0v) is 15.6. The van der Waals surface area contributed by atoms with Gasteiger partial charge in [-0.05, 0) is 37.0 Å². The van der Waals surface area contributed by atoms with Crippen molar-refractivity contribution in [2.24, 2.45) is 0 Å². The molecular weight excluding hydrogens is 334 g/mol. The lowest BCUT2D eigenvalue weighted by molar-refractivity contribution is 0.0953. The minimum Gasteiger partial charge on any atom is -0.380 e. The molecule has 0 bridgehead atoms. The Morgan fingerprint density at radius 1 is 0.963 bits per heavy atom. The van der Waals surface area contributed by atoms with E-state index in [4.69, 9.17) is 0 Å². The minimum absolute atomic E-state index is 0.0884. The molecule has 1 heterocycles. The van der Waals surface area contributed by atoms with Crippen molar-refractivity contribution in [3.05, 3.63) is 95.3 Å². The van der Waals surface area contributed by atoms with Gasteiger partial charge in [-0.2, -0.15) is 0 Å². The molecule has 0 atom stereocenters. The number of benzene rings is 2. The summed E-state index contributed by atoms with van der Waals surface area (Å²) in [6.07, 6.45) is 5.20. The van der Waals surface area contributed by atoms with Gasteiger partial charge in [-0.1, -0.05) is 60.2 Å². The number of pyridine rings is 1. The van der Waals surface area contributed by atoms with E-state index in [1.54, 1.807) is 12.4 Å². The molecule has 0 unspecified atom stereocenters. The van der Waals surface area contributed by atoms with Crippen molar-refractivity contribution in [1.82, 2.24) is 10.3 Å². The summed E-state index contributed by atoms with van der Waals surface area (Å²) < 4.78 is 0. The molecule has 0 spiro atoms. The van der Waals surface area contributed by atoms with Crippen LogP contribution in [0.3, 0.4) is 0 Å². The molecule has 0 fully saturated rings. The van der Waals surface area contributed by atoms with Gasteiger partial charge in [0.25, 0.3) is 5.91 Å². The Morgan fingerprint density at radius 2 is 1.74 bits per heavy atom. The van der Waals surface area contributed by atoms with E-state index in [9.17, 15) is 4.79 Å². The maximum Gasteiger partial charge on any atom is 0.252 e. The molecule has 1 amide bonds. The third kappa shape index (κ3) is 5.96. The van der Waals surface area contributed by atoms with Crippen molar-refractivity contribution in [2.45, 2.75) is 26.3 Å². The van der Waals surface area contributed by atoms with Gasteiger partial charge >= 0.3 is 0 Å². The quantitative estimate of drug-likeness (QED) is 0.588. The van der Waals surface area contributed by atoms with Crippen LogP contribution in [0.5, 0.6) is 0 Å². The average molecular weight is 359 g/mol. The Morgan fingerprint density at radius 3 is 2.52 bits per heavy atom. The fourth-order valence-corrected chi connectivity index (χ4v) is 2.81. The highest BCUT2D eigenvalue weighted by molar-refractivity contribution is 5.94. The number of nitrogens with one attached hydrogen (secondary N) is 2. The van der Waals surface area contributed by atoms with Gasteiger partial charge in [0.05, 0.1) is 11.3 Å². The predicted molar refractivity (Wildman–Crippen MR) is 110 cm³/mol. The zero-order chi connectivity index (χ0) is 18.9. The van der Waals surface area contributed by atoms with Crippen LogP contribution in [0.1, 0.15) is 33.5 Å². The number of anilines is 1. The van der Waals surface area contributed by atoms with Gasteiger partial charge in [-0.25, -0.2) is 0 Å². The third-order valence-corrected chi connectivity index (χ3v) is 4.39. The van der Waals surface area contributed by atoms with E-state index >= 15 is 0 Å². The summed E-state index contributed by atoms with van der Waals surface area (Å²) >= 11 is 0. The zero-order valence-electron chi connectivity index (χ0n) is 15.6. The lowest BCUT2D eigenvalue weighted by atomic mass is 10.1. The summed E-state index contributed by atoms with van der Waals surface area (Å²) in [5.41, 5.74) is 5.13. The lowest BCUT2D eigenvalue weighted by Crippen LogP contribution is -2.25. The first-order valence-corrected chi connectivity index (χ1v) is 9.27. The molecular formula is C23H25N3O. The third-order valence-electron chi connectivity index (χ3n) is 4.39. The molecule has 3 rings (SSSR count). The number of carbonyl (C=O) groups excluding carboxylic acids is 1. The number of aromatic nitrogens is 1. The second kappa shape index (κ2) is 9.53. The van der Waals surface area contributed by atoms with Gasteiger partial charge in [0.1, 0.15) is 0 Å². The molecule has 27 heavy (non-hydrogen) atoms. The lowest BCUT2D eigenvalue weighted by Gasteiger charge is -2.09. The van der Waals surface area contributed by atoms with Crippen LogP contribution in [-0.2, 0) is 13.0 Å². The number of aryl methyl sites for hydroxylation is 2. The maximum absolute atomic E-state index is 12.3. The van der Waals surface area contributed by atoms with E-state index < -0.39 is 0 Å². The highest BCUT2D eigenvalue weighted by Crippen LogP contribution is 2.11. The van der Waals surface area contributed by atoms with E-state index in [0.29, 0.717) is 18.7 Å². The van der Waals surface area contributed by atoms with Crippen LogP contribution in [0, 0.1) is 6.92 Å². The molecule has 3 aromatic rings. The maximum atomic E-state index is 12.3. The van der Waals surface area contributed by atoms with E-state index in [0.717, 1.165) is 18.5 Å². The van der Waals surface area contributed by atoms with Gasteiger partial charge in [0, 0.05) is 25.5 Å². The standard InChI is InChI=1S/C23H25N3O/c1-18-9-11-20(12-10-18)15-26-22-14-21(16-24-17-22)23(27)25-13-5-8-19-6-3-2-4-7-19/h2-4,6-7,9-12,14,16-17,26H,5,8,13,15H2,1H3,(H,25,27). The first-order chi connectivity index (χ1) is 13.2. The van der Waals surface area contributed by atoms with Crippen LogP contribution < -0.4 is 10.6 Å². The Kier molecular flexibility index (Phi) is 6.58. The van der Waals surface area contributed by atoms with Gasteiger partial charge in [-0.3, -0.25) is 9.78 Å². The van der Waals surface area contributed by atoms with E-state index in [2.05, 4.69) is 58.9 Å². The van der Waals surface area contributed by atoms with Gasteiger partial charge in [0.2, 0.25) is 0 Å². The molecule has 1 aromatic heterocycles. The molecule has 2 N–H and O–H groups in total. The number of carbonyl (C=O) groups is 1. The van der Waals surface area contributed by atoms with Gasteiger partial charge in [0.15, 0.2) is 0 Å². The number of hydrogen-bond donors (Lipinski definition) is 2. The summed E-state index contributed by atoms with van der Waals surface area (Å²) in [5.74, 6) is -0.0884. The largest absolute Gasteiger partial charge is 0.380 e. The first-order valence-electron chi connectivity index (χ1n) is 9.27. The van der Waals surface area contributed by atoms with Crippen LogP contribution in [0.15, 0.2) is 73.1 Å². The number of amides is 1. The Labute approximate surface area is 160 Å². The molecule has 138 valence electrons. The highest BCUT2D eigenvalue weighted by atomic mass is 16.1. The summed E-state index contributed by atoms with van der Waals surface area (Å²) in [7, 11) is 0. The van der Waals surface area contributed by atoms with Crippen LogP contribution >= 0.6 is 0 Å². The van der Waals surface area contributed by atoms with Crippen molar-refractivity contribution >= 4 is 11.6 Å². The fourth-order valence-electron chi connectivity index (χ4n) is 2.81. The van der Waals surface area contributed by atoms with Crippen molar-refractivity contribution in [1.29, 1.82) is 0 Å². The van der Waals surface area contributed by atoms with Crippen molar-refractivity contribution in [3.63, 3.8) is 0 Å². The van der Waals surface area contributed by atoms with Crippen molar-refractivity contribution in [2.75, 3.05) is 11.9 Å². The predicted octanol–water partition coefficient (Wildman–Crippen LogP) is 4.36. The van der Waals surface area contributed by atoms with E-state index in [-0.39, 0.29) is 5.91 Å². The summed E-state index contributed by atoms with van der Waals surface area (Å²) in [6, 6.07) is 20.5. The topological polar surface area (TPSA) is 54.0 Å². The summed E-state index contributed by atoms with van der Waals surface area (Å²) in [6.45, 7) is 3.42. The van der Waals surface area contributed by atoms with E-state index in [1.165, 1.54) is 16.7 Å². The average Bonchev–Trinajstić information content (AvgIpc) is 2.71. The normalized spacial score (nSPS) is 10.4. The molecule has 0 aliphatic rings.